The Morgan fingerprint density at radius 1 is 0.903 bits per heavy atom. The van der Waals surface area contributed by atoms with Gasteiger partial charge in [-0.25, -0.2) is 9.98 Å². The van der Waals surface area contributed by atoms with Crippen LogP contribution in [0.5, 0.6) is 0 Å². The van der Waals surface area contributed by atoms with Crippen LogP contribution in [-0.4, -0.2) is 34.6 Å². The van der Waals surface area contributed by atoms with Gasteiger partial charge in [0.25, 0.3) is 0 Å². The van der Waals surface area contributed by atoms with Crippen LogP contribution < -0.4 is 4.90 Å². The molecule has 0 aliphatic carbocycles. The highest BCUT2D eigenvalue weighted by Gasteiger charge is 2.24. The number of aromatic nitrogens is 1. The monoisotopic (exact) mass is 429 g/mol. The fourth-order valence-electron chi connectivity index (χ4n) is 4.19. The Bertz CT molecular complexity index is 1120. The molecule has 1 N–H and O–H groups in total. The Balaban J connectivity index is 1.49. The number of fused-ring (bicyclic) bond motifs is 1. The fraction of sp³-hybridized carbons (Fsp3) is 0.240. The first-order valence-corrected chi connectivity index (χ1v) is 11.1. The zero-order valence-corrected chi connectivity index (χ0v) is 18.0. The summed E-state index contributed by atoms with van der Waals surface area (Å²) in [6, 6.07) is 20.1. The fourth-order valence-corrected chi connectivity index (χ4v) is 4.30. The lowest BCUT2D eigenvalue weighted by Gasteiger charge is -2.30. The van der Waals surface area contributed by atoms with Gasteiger partial charge in [-0.2, -0.15) is 0 Å². The van der Waals surface area contributed by atoms with Crippen LogP contribution in [0.3, 0.4) is 0 Å². The summed E-state index contributed by atoms with van der Waals surface area (Å²) in [6.07, 6.45) is 5.26. The maximum atomic E-state index is 8.59. The van der Waals surface area contributed by atoms with Crippen LogP contribution in [0.2, 0.25) is 5.02 Å². The van der Waals surface area contributed by atoms with Gasteiger partial charge >= 0.3 is 0 Å². The third-order valence-corrected chi connectivity index (χ3v) is 6.10. The van der Waals surface area contributed by atoms with Crippen LogP contribution in [-0.2, 0) is 6.54 Å². The molecule has 1 saturated heterocycles. The minimum absolute atomic E-state index is 0.610. The van der Waals surface area contributed by atoms with E-state index >= 15 is 0 Å². The van der Waals surface area contributed by atoms with Crippen LogP contribution in [0.25, 0.3) is 0 Å². The third kappa shape index (κ3) is 4.06. The van der Waals surface area contributed by atoms with Crippen LogP contribution in [0.15, 0.2) is 71.9 Å². The molecule has 1 fully saturated rings. The predicted molar refractivity (Wildman–Crippen MR) is 127 cm³/mol. The molecule has 5 nitrogen and oxygen atoms in total. The molecule has 0 atom stereocenters. The number of anilines is 1. The van der Waals surface area contributed by atoms with Gasteiger partial charge in [0, 0.05) is 30.4 Å². The van der Waals surface area contributed by atoms with E-state index in [1.807, 2.05) is 42.5 Å². The molecule has 156 valence electrons. The summed E-state index contributed by atoms with van der Waals surface area (Å²) in [5.41, 5.74) is 4.08. The summed E-state index contributed by atoms with van der Waals surface area (Å²) in [4.78, 5) is 13.8. The molecule has 0 unspecified atom stereocenters. The Hall–Kier alpha value is -3.18. The van der Waals surface area contributed by atoms with Crippen molar-refractivity contribution in [2.45, 2.75) is 25.8 Å². The normalized spacial score (nSPS) is 16.0. The summed E-state index contributed by atoms with van der Waals surface area (Å²) in [6.45, 7) is 2.63. The van der Waals surface area contributed by atoms with E-state index in [-0.39, 0.29) is 0 Å². The summed E-state index contributed by atoms with van der Waals surface area (Å²) in [7, 11) is 0. The van der Waals surface area contributed by atoms with Crippen LogP contribution in [0, 0.1) is 5.41 Å². The van der Waals surface area contributed by atoms with Gasteiger partial charge in [-0.3, -0.25) is 5.41 Å². The molecule has 2 aliphatic rings. The second-order valence-corrected chi connectivity index (χ2v) is 8.39. The highest BCUT2D eigenvalue weighted by molar-refractivity contribution is 6.30. The van der Waals surface area contributed by atoms with Crippen molar-refractivity contribution in [2.24, 2.45) is 4.99 Å². The number of piperidine rings is 1. The number of nitrogens with one attached hydrogen (secondary N) is 1. The summed E-state index contributed by atoms with van der Waals surface area (Å²) < 4.78 is 0. The SMILES string of the molecule is N=C(c1ccc(C2=Nc3ccccc3CN2c2ccc(Cl)cn2)cc1)N1CCCCC1. The van der Waals surface area contributed by atoms with E-state index in [4.69, 9.17) is 22.0 Å². The molecule has 3 heterocycles. The van der Waals surface area contributed by atoms with Crippen molar-refractivity contribution in [2.75, 3.05) is 18.0 Å². The number of halogens is 1. The number of pyridine rings is 1. The maximum absolute atomic E-state index is 8.59. The largest absolute Gasteiger partial charge is 0.357 e. The minimum Gasteiger partial charge on any atom is -0.357 e. The molecule has 0 bridgehead atoms. The lowest BCUT2D eigenvalue weighted by Crippen LogP contribution is -2.36. The molecular formula is C25H24ClN5. The van der Waals surface area contributed by atoms with E-state index in [0.717, 1.165) is 47.1 Å². The van der Waals surface area contributed by atoms with Crippen molar-refractivity contribution in [3.63, 3.8) is 0 Å². The molecule has 2 aliphatic heterocycles. The van der Waals surface area contributed by atoms with E-state index < -0.39 is 0 Å². The second kappa shape index (κ2) is 8.52. The predicted octanol–water partition coefficient (Wildman–Crippen LogP) is 5.64. The molecule has 0 radical (unpaired) electrons. The number of rotatable bonds is 3. The van der Waals surface area contributed by atoms with Gasteiger partial charge in [0.1, 0.15) is 17.5 Å². The number of aliphatic imine (C=N–C) groups is 1. The second-order valence-electron chi connectivity index (χ2n) is 7.96. The van der Waals surface area contributed by atoms with Crippen LogP contribution >= 0.6 is 11.6 Å². The van der Waals surface area contributed by atoms with Gasteiger partial charge in [-0.15, -0.1) is 0 Å². The lowest BCUT2D eigenvalue weighted by molar-refractivity contribution is 0.341. The van der Waals surface area contributed by atoms with Crippen molar-refractivity contribution in [3.05, 3.63) is 88.6 Å². The average molecular weight is 430 g/mol. The number of hydrogen-bond acceptors (Lipinski definition) is 4. The third-order valence-electron chi connectivity index (χ3n) is 5.88. The van der Waals surface area contributed by atoms with E-state index in [2.05, 4.69) is 33.0 Å². The number of hydrogen-bond donors (Lipinski definition) is 1. The lowest BCUT2D eigenvalue weighted by atomic mass is 10.0. The molecule has 0 amide bonds. The van der Waals surface area contributed by atoms with Crippen molar-refractivity contribution in [1.29, 1.82) is 5.41 Å². The number of para-hydroxylation sites is 1. The van der Waals surface area contributed by atoms with Crippen molar-refractivity contribution in [1.82, 2.24) is 9.88 Å². The average Bonchev–Trinajstić information content (AvgIpc) is 2.84. The molecule has 6 heteroatoms. The van der Waals surface area contributed by atoms with Gasteiger partial charge in [-0.1, -0.05) is 54.1 Å². The van der Waals surface area contributed by atoms with Gasteiger partial charge in [0.05, 0.1) is 17.3 Å². The number of amidine groups is 2. The molecule has 31 heavy (non-hydrogen) atoms. The number of likely N-dealkylation sites (tertiary alicyclic amines) is 1. The Morgan fingerprint density at radius 3 is 2.42 bits per heavy atom. The quantitative estimate of drug-likeness (QED) is 0.432. The highest BCUT2D eigenvalue weighted by Crippen LogP contribution is 2.31. The van der Waals surface area contributed by atoms with E-state index in [1.165, 1.54) is 19.3 Å². The Labute approximate surface area is 187 Å². The minimum atomic E-state index is 0.610. The van der Waals surface area contributed by atoms with Gasteiger partial charge in [0.15, 0.2) is 0 Å². The highest BCUT2D eigenvalue weighted by atomic mass is 35.5. The smallest absolute Gasteiger partial charge is 0.142 e. The number of benzene rings is 2. The number of nitrogens with zero attached hydrogens (tertiary/aromatic N) is 4. The first kappa shape index (κ1) is 19.8. The van der Waals surface area contributed by atoms with Crippen molar-refractivity contribution >= 4 is 34.8 Å². The summed E-state index contributed by atoms with van der Waals surface area (Å²) >= 11 is 6.06. The van der Waals surface area contributed by atoms with Crippen LogP contribution in [0.1, 0.15) is 36.0 Å². The molecule has 5 rings (SSSR count). The van der Waals surface area contributed by atoms with Crippen molar-refractivity contribution in [3.8, 4) is 0 Å². The van der Waals surface area contributed by atoms with E-state index in [9.17, 15) is 0 Å². The summed E-state index contributed by atoms with van der Waals surface area (Å²) in [5, 5.41) is 9.20. The van der Waals surface area contributed by atoms with Crippen molar-refractivity contribution < 1.29 is 0 Å². The van der Waals surface area contributed by atoms with Gasteiger partial charge in [0.2, 0.25) is 0 Å². The molecule has 3 aromatic rings. The molecule has 1 aromatic heterocycles. The molecular weight excluding hydrogens is 406 g/mol. The first-order chi connectivity index (χ1) is 15.2. The Kier molecular flexibility index (Phi) is 5.43. The first-order valence-electron chi connectivity index (χ1n) is 10.7. The topological polar surface area (TPSA) is 55.6 Å². The molecule has 0 spiro atoms. The molecule has 2 aromatic carbocycles. The standard InChI is InChI=1S/C25H24ClN5/c26-21-12-13-23(28-16-21)31-17-20-6-2-3-7-22(20)29-25(31)19-10-8-18(9-11-19)24(27)30-14-4-1-5-15-30/h2-3,6-13,16,27H,1,4-5,14-15,17H2. The Morgan fingerprint density at radius 2 is 1.68 bits per heavy atom. The maximum Gasteiger partial charge on any atom is 0.142 e. The zero-order chi connectivity index (χ0) is 21.2. The van der Waals surface area contributed by atoms with Gasteiger partial charge in [-0.05, 0) is 43.0 Å². The van der Waals surface area contributed by atoms with E-state index in [0.29, 0.717) is 17.4 Å². The summed E-state index contributed by atoms with van der Waals surface area (Å²) in [5.74, 6) is 2.27. The van der Waals surface area contributed by atoms with Crippen LogP contribution in [0.4, 0.5) is 11.5 Å². The van der Waals surface area contributed by atoms with Gasteiger partial charge < -0.3 is 9.80 Å². The van der Waals surface area contributed by atoms with E-state index in [1.54, 1.807) is 6.20 Å². The zero-order valence-electron chi connectivity index (χ0n) is 17.3. The molecule has 0 saturated carbocycles.